The summed E-state index contributed by atoms with van der Waals surface area (Å²) >= 11 is 3.56. The maximum absolute atomic E-state index is 14.0. The first-order valence-electron chi connectivity index (χ1n) is 8.98. The summed E-state index contributed by atoms with van der Waals surface area (Å²) in [6.45, 7) is 3.78. The van der Waals surface area contributed by atoms with Crippen molar-refractivity contribution in [3.8, 4) is 11.8 Å². The van der Waals surface area contributed by atoms with E-state index in [1.54, 1.807) is 36.5 Å². The molecule has 0 aliphatic rings. The second-order valence-corrected chi connectivity index (χ2v) is 8.91. The predicted molar refractivity (Wildman–Crippen MR) is 113 cm³/mol. The monoisotopic (exact) mass is 396 g/mol. The Morgan fingerprint density at radius 3 is 2.52 bits per heavy atom. The molecule has 0 saturated carbocycles. The number of fused-ring (bicyclic) bond motifs is 2. The van der Waals surface area contributed by atoms with Crippen molar-refractivity contribution in [3.05, 3.63) is 68.9 Å². The van der Waals surface area contributed by atoms with Crippen LogP contribution in [0.5, 0.6) is 0 Å². The lowest BCUT2D eigenvalue weighted by atomic mass is 10.0. The predicted octanol–water partition coefficient (Wildman–Crippen LogP) is 7.45. The third-order valence-electron chi connectivity index (χ3n) is 4.56. The molecule has 0 spiro atoms. The molecule has 4 rings (SSSR count). The van der Waals surface area contributed by atoms with Gasteiger partial charge in [-0.05, 0) is 61.0 Å². The molecule has 0 radical (unpaired) electrons. The molecule has 0 N–H and O–H groups in total. The topological polar surface area (TPSA) is 0 Å². The SMILES string of the molecule is CCCCc1cc2sc(C#Cc3ccc4c(F)c(F)c(C)cc4c3)cc2s1. The summed E-state index contributed by atoms with van der Waals surface area (Å²) in [6.07, 6.45) is 3.59. The zero-order valence-corrected chi connectivity index (χ0v) is 16.8. The number of hydrogen-bond acceptors (Lipinski definition) is 2. The van der Waals surface area contributed by atoms with Gasteiger partial charge in [0.2, 0.25) is 0 Å². The summed E-state index contributed by atoms with van der Waals surface area (Å²) in [5, 5.41) is 0.964. The van der Waals surface area contributed by atoms with Crippen LogP contribution < -0.4 is 0 Å². The van der Waals surface area contributed by atoms with Crippen LogP contribution in [0.15, 0.2) is 36.4 Å². The molecule has 27 heavy (non-hydrogen) atoms. The highest BCUT2D eigenvalue weighted by atomic mass is 32.1. The van der Waals surface area contributed by atoms with Gasteiger partial charge in [0.25, 0.3) is 0 Å². The lowest BCUT2D eigenvalue weighted by Gasteiger charge is -2.04. The third-order valence-corrected chi connectivity index (χ3v) is 6.83. The van der Waals surface area contributed by atoms with Gasteiger partial charge in [0.15, 0.2) is 11.6 Å². The Balaban J connectivity index is 1.62. The van der Waals surface area contributed by atoms with Crippen molar-refractivity contribution in [2.45, 2.75) is 33.1 Å². The third kappa shape index (κ3) is 3.63. The zero-order valence-electron chi connectivity index (χ0n) is 15.2. The van der Waals surface area contributed by atoms with E-state index in [1.165, 1.54) is 27.1 Å². The quantitative estimate of drug-likeness (QED) is 0.316. The summed E-state index contributed by atoms with van der Waals surface area (Å²) in [4.78, 5) is 2.47. The van der Waals surface area contributed by atoms with Crippen molar-refractivity contribution in [2.75, 3.05) is 0 Å². The van der Waals surface area contributed by atoms with Gasteiger partial charge in [-0.25, -0.2) is 8.78 Å². The van der Waals surface area contributed by atoms with Crippen LogP contribution in [0.25, 0.3) is 20.2 Å². The van der Waals surface area contributed by atoms with Gasteiger partial charge in [-0.15, -0.1) is 22.7 Å². The van der Waals surface area contributed by atoms with E-state index >= 15 is 0 Å². The summed E-state index contributed by atoms with van der Waals surface area (Å²) in [6, 6.07) is 11.2. The summed E-state index contributed by atoms with van der Waals surface area (Å²) in [5.41, 5.74) is 1.11. The minimum atomic E-state index is -0.790. The number of hydrogen-bond donors (Lipinski definition) is 0. The Kier molecular flexibility index (Phi) is 4.99. The summed E-state index contributed by atoms with van der Waals surface area (Å²) in [5.74, 6) is 4.80. The van der Waals surface area contributed by atoms with Crippen molar-refractivity contribution >= 4 is 42.8 Å². The molecule has 4 heteroatoms. The molecule has 0 saturated heterocycles. The van der Waals surface area contributed by atoms with Gasteiger partial charge in [-0.3, -0.25) is 0 Å². The van der Waals surface area contributed by atoms with Gasteiger partial charge in [-0.1, -0.05) is 31.3 Å². The van der Waals surface area contributed by atoms with Gasteiger partial charge in [-0.2, -0.15) is 0 Å². The highest BCUT2D eigenvalue weighted by Crippen LogP contribution is 2.33. The Morgan fingerprint density at radius 2 is 1.74 bits per heavy atom. The lowest BCUT2D eigenvalue weighted by molar-refractivity contribution is 0.511. The van der Waals surface area contributed by atoms with Crippen molar-refractivity contribution < 1.29 is 8.78 Å². The van der Waals surface area contributed by atoms with E-state index in [0.29, 0.717) is 16.3 Å². The second kappa shape index (κ2) is 7.42. The zero-order chi connectivity index (χ0) is 19.0. The molecule has 4 aromatic rings. The van der Waals surface area contributed by atoms with Crippen molar-refractivity contribution in [2.24, 2.45) is 0 Å². The van der Waals surface area contributed by atoms with E-state index in [0.717, 1.165) is 16.9 Å². The maximum Gasteiger partial charge on any atom is 0.166 e. The second-order valence-electron chi connectivity index (χ2n) is 6.66. The van der Waals surface area contributed by atoms with E-state index in [2.05, 4.69) is 30.9 Å². The number of aryl methyl sites for hydroxylation is 2. The standard InChI is InChI=1S/C23H18F2S2/c1-3-4-5-17-12-20-21(26-17)13-18(27-20)8-6-15-7-9-19-16(11-15)10-14(2)22(24)23(19)25/h7,9-13H,3-5H2,1-2H3. The first kappa shape index (κ1) is 18.2. The van der Waals surface area contributed by atoms with E-state index < -0.39 is 11.6 Å². The molecule has 0 aliphatic heterocycles. The normalized spacial score (nSPS) is 11.1. The van der Waals surface area contributed by atoms with Crippen molar-refractivity contribution in [1.82, 2.24) is 0 Å². The minimum Gasteiger partial charge on any atom is -0.203 e. The average molecular weight is 397 g/mol. The molecule has 2 aromatic heterocycles. The number of benzene rings is 2. The Bertz CT molecular complexity index is 1170. The first-order valence-corrected chi connectivity index (χ1v) is 10.6. The van der Waals surface area contributed by atoms with E-state index in [-0.39, 0.29) is 0 Å². The molecule has 136 valence electrons. The molecule has 2 aromatic carbocycles. The Morgan fingerprint density at radius 1 is 0.926 bits per heavy atom. The molecule has 0 amide bonds. The van der Waals surface area contributed by atoms with Crippen LogP contribution in [0, 0.1) is 30.4 Å². The lowest BCUT2D eigenvalue weighted by Crippen LogP contribution is -1.91. The molecule has 0 unspecified atom stereocenters. The fourth-order valence-corrected chi connectivity index (χ4v) is 5.42. The number of rotatable bonds is 3. The molecule has 0 atom stereocenters. The van der Waals surface area contributed by atoms with Crippen LogP contribution >= 0.6 is 22.7 Å². The Labute approximate surface area is 165 Å². The van der Waals surface area contributed by atoms with Gasteiger partial charge in [0, 0.05) is 25.2 Å². The first-order chi connectivity index (χ1) is 13.0. The fourth-order valence-electron chi connectivity index (χ4n) is 3.10. The van der Waals surface area contributed by atoms with Crippen LogP contribution in [0.4, 0.5) is 8.78 Å². The van der Waals surface area contributed by atoms with Crippen LogP contribution in [0.2, 0.25) is 0 Å². The minimum absolute atomic E-state index is 0.292. The van der Waals surface area contributed by atoms with Gasteiger partial charge in [0.1, 0.15) is 0 Å². The molecule has 0 fully saturated rings. The van der Waals surface area contributed by atoms with E-state index in [1.807, 2.05) is 17.4 Å². The van der Waals surface area contributed by atoms with E-state index in [4.69, 9.17) is 0 Å². The van der Waals surface area contributed by atoms with Crippen molar-refractivity contribution in [1.29, 1.82) is 0 Å². The van der Waals surface area contributed by atoms with Gasteiger partial charge < -0.3 is 0 Å². The Hall–Kier alpha value is -2.22. The van der Waals surface area contributed by atoms with Crippen LogP contribution in [-0.4, -0.2) is 0 Å². The van der Waals surface area contributed by atoms with Gasteiger partial charge in [0.05, 0.1) is 4.88 Å². The number of thiophene rings is 2. The largest absolute Gasteiger partial charge is 0.203 e. The van der Waals surface area contributed by atoms with Crippen LogP contribution in [0.3, 0.4) is 0 Å². The molecule has 0 bridgehead atoms. The van der Waals surface area contributed by atoms with E-state index in [9.17, 15) is 8.78 Å². The molecule has 2 heterocycles. The van der Waals surface area contributed by atoms with Crippen LogP contribution in [-0.2, 0) is 6.42 Å². The highest BCUT2D eigenvalue weighted by molar-refractivity contribution is 7.28. The van der Waals surface area contributed by atoms with Gasteiger partial charge >= 0.3 is 0 Å². The molecule has 0 aliphatic carbocycles. The van der Waals surface area contributed by atoms with Crippen molar-refractivity contribution in [3.63, 3.8) is 0 Å². The smallest absolute Gasteiger partial charge is 0.166 e. The number of halogens is 2. The maximum atomic E-state index is 14.0. The average Bonchev–Trinajstić information content (AvgIpc) is 3.21. The summed E-state index contributed by atoms with van der Waals surface area (Å²) in [7, 11) is 0. The molecule has 0 nitrogen and oxygen atoms in total. The molecular formula is C23H18F2S2. The fraction of sp³-hybridized carbons (Fsp3) is 0.217. The highest BCUT2D eigenvalue weighted by Gasteiger charge is 2.11. The summed E-state index contributed by atoms with van der Waals surface area (Å²) < 4.78 is 30.3. The molecular weight excluding hydrogens is 378 g/mol. The number of unbranched alkanes of at least 4 members (excludes halogenated alkanes) is 1. The van der Waals surface area contributed by atoms with Crippen LogP contribution in [0.1, 0.15) is 40.6 Å².